The van der Waals surface area contributed by atoms with E-state index in [1.54, 1.807) is 36.0 Å². The minimum Gasteiger partial charge on any atom is -0.508 e. The lowest BCUT2D eigenvalue weighted by atomic mass is 10.0. The van der Waals surface area contributed by atoms with Crippen molar-refractivity contribution in [3.8, 4) is 11.5 Å². The fourth-order valence-corrected chi connectivity index (χ4v) is 5.31. The predicted molar refractivity (Wildman–Crippen MR) is 142 cm³/mol. The lowest BCUT2D eigenvalue weighted by Crippen LogP contribution is -2.11. The molecule has 5 rings (SSSR count). The van der Waals surface area contributed by atoms with Gasteiger partial charge in [0.25, 0.3) is 5.69 Å². The molecule has 0 spiro atoms. The number of non-ortho nitro benzene ring substituents is 1. The lowest BCUT2D eigenvalue weighted by molar-refractivity contribution is -0.384. The molecule has 8 heteroatoms. The van der Waals surface area contributed by atoms with Crippen molar-refractivity contribution in [3.63, 3.8) is 0 Å². The summed E-state index contributed by atoms with van der Waals surface area (Å²) < 4.78 is 7.42. The maximum Gasteiger partial charge on any atom is 0.269 e. The number of nitrogens with one attached hydrogen (secondary N) is 1. The molecule has 0 bridgehead atoms. The number of aromatic hydroxyl groups is 1. The molecule has 35 heavy (non-hydrogen) atoms. The lowest BCUT2D eigenvalue weighted by Gasteiger charge is -2.23. The van der Waals surface area contributed by atoms with Crippen LogP contribution in [-0.4, -0.2) is 10.0 Å². The molecule has 2 N–H and O–H groups in total. The second-order valence-electron chi connectivity index (χ2n) is 7.78. The van der Waals surface area contributed by atoms with Crippen LogP contribution in [0.2, 0.25) is 0 Å². The molecular weight excluding hydrogens is 528 g/mol. The summed E-state index contributed by atoms with van der Waals surface area (Å²) in [5.41, 5.74) is 3.22. The molecule has 0 radical (unpaired) electrons. The third kappa shape index (κ3) is 4.89. The third-order valence-electron chi connectivity index (χ3n) is 5.50. The minimum atomic E-state index is -0.444. The van der Waals surface area contributed by atoms with E-state index < -0.39 is 10.2 Å². The third-order valence-corrected chi connectivity index (χ3v) is 7.35. The number of hydrogen-bond donors (Lipinski definition) is 2. The Labute approximate surface area is 214 Å². The second-order valence-corrected chi connectivity index (χ2v) is 9.84. The van der Waals surface area contributed by atoms with Crippen molar-refractivity contribution in [2.24, 2.45) is 0 Å². The average Bonchev–Trinajstić information content (AvgIpc) is 3.02. The number of para-hydroxylation sites is 2. The predicted octanol–water partition coefficient (Wildman–Crippen LogP) is 7.77. The zero-order chi connectivity index (χ0) is 24.4. The van der Waals surface area contributed by atoms with Gasteiger partial charge in [0.15, 0.2) is 0 Å². The zero-order valence-corrected chi connectivity index (χ0v) is 20.6. The van der Waals surface area contributed by atoms with Crippen molar-refractivity contribution in [2.45, 2.75) is 10.1 Å². The van der Waals surface area contributed by atoms with E-state index in [0.29, 0.717) is 17.1 Å². The summed E-state index contributed by atoms with van der Waals surface area (Å²) in [7, 11) is 0. The SMILES string of the molecule is O=[N+]([O-])c1ccc(OC2=C(c3ccc(Br)cc3)Nc3ccccc3SC2c2ccccc2O)cc1. The summed E-state index contributed by atoms with van der Waals surface area (Å²) >= 11 is 5.06. The van der Waals surface area contributed by atoms with E-state index in [1.807, 2.05) is 60.7 Å². The van der Waals surface area contributed by atoms with Crippen molar-refractivity contribution in [2.75, 3.05) is 5.32 Å². The first-order chi connectivity index (χ1) is 17.0. The number of benzene rings is 4. The summed E-state index contributed by atoms with van der Waals surface area (Å²) in [6.07, 6.45) is 0. The highest BCUT2D eigenvalue weighted by molar-refractivity contribution is 9.10. The molecule has 0 aliphatic carbocycles. The van der Waals surface area contributed by atoms with Crippen molar-refractivity contribution in [1.82, 2.24) is 0 Å². The van der Waals surface area contributed by atoms with Gasteiger partial charge in [-0.2, -0.15) is 0 Å². The number of phenols is 1. The normalized spacial score (nSPS) is 15.1. The summed E-state index contributed by atoms with van der Waals surface area (Å²) in [5.74, 6) is 1.18. The summed E-state index contributed by atoms with van der Waals surface area (Å²) in [4.78, 5) is 11.7. The van der Waals surface area contributed by atoms with E-state index in [9.17, 15) is 15.2 Å². The van der Waals surface area contributed by atoms with Gasteiger partial charge in [0.1, 0.15) is 17.3 Å². The number of halogens is 1. The molecule has 0 saturated carbocycles. The number of hydrogen-bond acceptors (Lipinski definition) is 6. The van der Waals surface area contributed by atoms with Gasteiger partial charge in [0, 0.05) is 32.6 Å². The summed E-state index contributed by atoms with van der Waals surface area (Å²) in [6.45, 7) is 0. The molecule has 1 atom stereocenters. The molecule has 1 unspecified atom stereocenters. The number of thioether (sulfide) groups is 1. The largest absolute Gasteiger partial charge is 0.508 e. The number of ether oxygens (including phenoxy) is 1. The molecule has 0 amide bonds. The van der Waals surface area contributed by atoms with Crippen molar-refractivity contribution >= 4 is 44.8 Å². The summed E-state index contributed by atoms with van der Waals surface area (Å²) in [5, 5.41) is 25.0. The number of rotatable bonds is 5. The molecule has 1 aliphatic heterocycles. The molecule has 0 saturated heterocycles. The Morgan fingerprint density at radius 3 is 2.31 bits per heavy atom. The Kier molecular flexibility index (Phi) is 6.48. The first kappa shape index (κ1) is 23.0. The minimum absolute atomic E-state index is 0.0162. The van der Waals surface area contributed by atoms with Crippen molar-refractivity contribution in [1.29, 1.82) is 0 Å². The number of fused-ring (bicyclic) bond motifs is 1. The Morgan fingerprint density at radius 2 is 1.60 bits per heavy atom. The van der Waals surface area contributed by atoms with Crippen molar-refractivity contribution < 1.29 is 14.8 Å². The number of nitrogens with zero attached hydrogens (tertiary/aromatic N) is 1. The van der Waals surface area contributed by atoms with Crippen LogP contribution in [0.4, 0.5) is 11.4 Å². The topological polar surface area (TPSA) is 84.6 Å². The molecule has 6 nitrogen and oxygen atoms in total. The molecule has 1 aliphatic rings. The van der Waals surface area contributed by atoms with E-state index in [2.05, 4.69) is 21.2 Å². The van der Waals surface area contributed by atoms with E-state index in [1.165, 1.54) is 12.1 Å². The van der Waals surface area contributed by atoms with Gasteiger partial charge >= 0.3 is 0 Å². The first-order valence-electron chi connectivity index (χ1n) is 10.7. The molecular formula is C27H19BrN2O4S. The van der Waals surface area contributed by atoms with Crippen LogP contribution in [0.3, 0.4) is 0 Å². The van der Waals surface area contributed by atoms with Crippen LogP contribution in [0, 0.1) is 10.1 Å². The fourth-order valence-electron chi connectivity index (χ4n) is 3.79. The van der Waals surface area contributed by atoms with Crippen LogP contribution >= 0.6 is 27.7 Å². The highest BCUT2D eigenvalue weighted by Gasteiger charge is 2.31. The Hall–Kier alpha value is -3.75. The van der Waals surface area contributed by atoms with Gasteiger partial charge < -0.3 is 15.2 Å². The van der Waals surface area contributed by atoms with Gasteiger partial charge in [-0.05, 0) is 42.5 Å². The quantitative estimate of drug-likeness (QED) is 0.196. The van der Waals surface area contributed by atoms with Crippen LogP contribution < -0.4 is 10.1 Å². The van der Waals surface area contributed by atoms with Gasteiger partial charge in [0.05, 0.1) is 21.6 Å². The highest BCUT2D eigenvalue weighted by Crippen LogP contribution is 2.51. The Morgan fingerprint density at radius 1 is 0.914 bits per heavy atom. The monoisotopic (exact) mass is 546 g/mol. The number of nitro benzene ring substituents is 1. The van der Waals surface area contributed by atoms with E-state index in [0.717, 1.165) is 26.3 Å². The van der Waals surface area contributed by atoms with Gasteiger partial charge in [-0.3, -0.25) is 10.1 Å². The Bertz CT molecular complexity index is 1420. The van der Waals surface area contributed by atoms with E-state index >= 15 is 0 Å². The van der Waals surface area contributed by atoms with E-state index in [4.69, 9.17) is 4.74 Å². The number of phenolic OH excluding ortho intramolecular Hbond substituents is 1. The van der Waals surface area contributed by atoms with Crippen LogP contribution in [-0.2, 0) is 0 Å². The highest BCUT2D eigenvalue weighted by atomic mass is 79.9. The molecule has 0 aromatic heterocycles. The van der Waals surface area contributed by atoms with Crippen molar-refractivity contribution in [3.05, 3.63) is 129 Å². The number of anilines is 1. The number of nitro groups is 1. The zero-order valence-electron chi connectivity index (χ0n) is 18.2. The molecule has 174 valence electrons. The van der Waals surface area contributed by atoms with Gasteiger partial charge in [-0.1, -0.05) is 58.4 Å². The standard InChI is InChI=1S/C27H19BrN2O4S/c28-18-11-9-17(10-12-18)25-26(34-20-15-13-19(14-16-20)30(32)33)27(21-5-1-3-7-23(21)31)35-24-8-4-2-6-22(24)29-25/h1-16,27,29,31H. The molecule has 0 fully saturated rings. The second kappa shape index (κ2) is 9.85. The molecule has 4 aromatic rings. The Balaban J connectivity index is 1.71. The maximum absolute atomic E-state index is 11.1. The van der Waals surface area contributed by atoms with Crippen LogP contribution in [0.5, 0.6) is 11.5 Å². The van der Waals surface area contributed by atoms with Gasteiger partial charge in [-0.15, -0.1) is 11.8 Å². The first-order valence-corrected chi connectivity index (χ1v) is 12.4. The van der Waals surface area contributed by atoms with Crippen LogP contribution in [0.25, 0.3) is 5.70 Å². The smallest absolute Gasteiger partial charge is 0.269 e. The van der Waals surface area contributed by atoms with Crippen LogP contribution in [0.15, 0.2) is 112 Å². The van der Waals surface area contributed by atoms with E-state index in [-0.39, 0.29) is 11.4 Å². The molecule has 4 aromatic carbocycles. The van der Waals surface area contributed by atoms with Crippen LogP contribution in [0.1, 0.15) is 16.4 Å². The fraction of sp³-hybridized carbons (Fsp3) is 0.0370. The van der Waals surface area contributed by atoms with Gasteiger partial charge in [-0.25, -0.2) is 0 Å². The maximum atomic E-state index is 11.1. The molecule has 1 heterocycles. The summed E-state index contributed by atoms with van der Waals surface area (Å²) in [6, 6.07) is 29.0. The average molecular weight is 547 g/mol. The van der Waals surface area contributed by atoms with Gasteiger partial charge in [0.2, 0.25) is 0 Å².